The van der Waals surface area contributed by atoms with Crippen molar-refractivity contribution in [3.8, 4) is 5.75 Å². The molecule has 1 amide bonds. The summed E-state index contributed by atoms with van der Waals surface area (Å²) in [5.41, 5.74) is 0. The maximum absolute atomic E-state index is 12.7. The Hall–Kier alpha value is -1.81. The van der Waals surface area contributed by atoms with Crippen molar-refractivity contribution in [1.29, 1.82) is 0 Å². The van der Waals surface area contributed by atoms with Crippen LogP contribution in [0.15, 0.2) is 29.2 Å². The molecule has 2 saturated heterocycles. The first kappa shape index (κ1) is 19.0. The van der Waals surface area contributed by atoms with E-state index in [0.29, 0.717) is 12.8 Å². The van der Waals surface area contributed by atoms with Crippen molar-refractivity contribution in [2.45, 2.75) is 30.5 Å². The first-order valence-electron chi connectivity index (χ1n) is 8.31. The Balaban J connectivity index is 1.67. The third-order valence-electron chi connectivity index (χ3n) is 4.65. The third kappa shape index (κ3) is 4.12. The lowest BCUT2D eigenvalue weighted by molar-refractivity contribution is -0.274. The van der Waals surface area contributed by atoms with E-state index in [-0.39, 0.29) is 29.8 Å². The second kappa shape index (κ2) is 7.07. The fraction of sp³-hybridized carbons (Fsp3) is 0.562. The lowest BCUT2D eigenvalue weighted by Crippen LogP contribution is -2.48. The molecule has 0 aliphatic carbocycles. The highest BCUT2D eigenvalue weighted by atomic mass is 32.2. The summed E-state index contributed by atoms with van der Waals surface area (Å²) in [6.07, 6.45) is -3.08. The second-order valence-electron chi connectivity index (χ2n) is 6.38. The van der Waals surface area contributed by atoms with Gasteiger partial charge in [-0.15, -0.1) is 13.2 Å². The molecule has 26 heavy (non-hydrogen) atoms. The highest BCUT2D eigenvalue weighted by molar-refractivity contribution is 7.89. The van der Waals surface area contributed by atoms with Gasteiger partial charge in [0.1, 0.15) is 5.75 Å². The number of sulfonamides is 1. The van der Waals surface area contributed by atoms with Crippen molar-refractivity contribution < 1.29 is 31.1 Å². The molecule has 0 saturated carbocycles. The Morgan fingerprint density at radius 2 is 1.77 bits per heavy atom. The molecule has 0 N–H and O–H groups in total. The molecule has 0 spiro atoms. The van der Waals surface area contributed by atoms with Crippen molar-refractivity contribution in [3.63, 3.8) is 0 Å². The molecule has 1 aromatic rings. The highest BCUT2D eigenvalue weighted by Crippen LogP contribution is 2.29. The standard InChI is InChI=1S/C16H19F3N2O4S/c17-16(18,19)25-13-3-1-4-14(11-13)26(23,24)21-9-5-12(6-10-21)15(22)20-7-2-8-20/h1,3-4,11-12H,2,5-10H2. The van der Waals surface area contributed by atoms with E-state index in [9.17, 15) is 26.4 Å². The first-order valence-corrected chi connectivity index (χ1v) is 9.75. The van der Waals surface area contributed by atoms with Crippen molar-refractivity contribution in [3.05, 3.63) is 24.3 Å². The lowest BCUT2D eigenvalue weighted by atomic mass is 9.95. The molecule has 3 rings (SSSR count). The number of carbonyl (C=O) groups is 1. The monoisotopic (exact) mass is 392 g/mol. The molecule has 0 bridgehead atoms. The molecule has 2 aliphatic rings. The maximum atomic E-state index is 12.7. The first-order chi connectivity index (χ1) is 12.2. The Labute approximate surface area is 149 Å². The van der Waals surface area contributed by atoms with Gasteiger partial charge < -0.3 is 9.64 Å². The predicted molar refractivity (Wildman–Crippen MR) is 85.8 cm³/mol. The van der Waals surface area contributed by atoms with Crippen molar-refractivity contribution in [2.24, 2.45) is 5.92 Å². The zero-order chi connectivity index (χ0) is 18.9. The van der Waals surface area contributed by atoms with E-state index in [2.05, 4.69) is 4.74 Å². The van der Waals surface area contributed by atoms with Gasteiger partial charge in [-0.2, -0.15) is 4.31 Å². The van der Waals surface area contributed by atoms with Crippen LogP contribution >= 0.6 is 0 Å². The maximum Gasteiger partial charge on any atom is 0.573 e. The van der Waals surface area contributed by atoms with E-state index < -0.39 is 22.1 Å². The number of benzene rings is 1. The number of likely N-dealkylation sites (tertiary alicyclic amines) is 1. The molecule has 0 atom stereocenters. The van der Waals surface area contributed by atoms with Crippen LogP contribution in [-0.2, 0) is 14.8 Å². The molecule has 2 aliphatic heterocycles. The van der Waals surface area contributed by atoms with E-state index >= 15 is 0 Å². The number of amides is 1. The normalized spacial score (nSPS) is 19.9. The van der Waals surface area contributed by atoms with E-state index in [0.717, 1.165) is 31.6 Å². The highest BCUT2D eigenvalue weighted by Gasteiger charge is 2.36. The van der Waals surface area contributed by atoms with Crippen LogP contribution in [0.3, 0.4) is 0 Å². The van der Waals surface area contributed by atoms with Crippen LogP contribution in [0.2, 0.25) is 0 Å². The van der Waals surface area contributed by atoms with E-state index in [1.807, 2.05) is 0 Å². The Kier molecular flexibility index (Phi) is 5.16. The molecule has 6 nitrogen and oxygen atoms in total. The summed E-state index contributed by atoms with van der Waals surface area (Å²) in [6.45, 7) is 1.83. The number of carbonyl (C=O) groups excluding carboxylic acids is 1. The minimum absolute atomic E-state index is 0.0638. The summed E-state index contributed by atoms with van der Waals surface area (Å²) in [6, 6.07) is 4.34. The Bertz CT molecular complexity index is 770. The van der Waals surface area contributed by atoms with Gasteiger partial charge in [-0.25, -0.2) is 8.42 Å². The van der Waals surface area contributed by atoms with E-state index in [1.165, 1.54) is 16.4 Å². The third-order valence-corrected chi connectivity index (χ3v) is 6.54. The van der Waals surface area contributed by atoms with E-state index in [1.54, 1.807) is 4.90 Å². The number of hydrogen-bond acceptors (Lipinski definition) is 4. The summed E-state index contributed by atoms with van der Waals surface area (Å²) in [5, 5.41) is 0. The smallest absolute Gasteiger partial charge is 0.406 e. The van der Waals surface area contributed by atoms with Crippen LogP contribution in [0, 0.1) is 5.92 Å². The van der Waals surface area contributed by atoms with Gasteiger partial charge in [-0.1, -0.05) is 6.07 Å². The molecular weight excluding hydrogens is 373 g/mol. The number of hydrogen-bond donors (Lipinski definition) is 0. The summed E-state index contributed by atoms with van der Waals surface area (Å²) in [7, 11) is -3.94. The number of alkyl halides is 3. The lowest BCUT2D eigenvalue weighted by Gasteiger charge is -2.37. The number of rotatable bonds is 4. The van der Waals surface area contributed by atoms with Crippen LogP contribution in [0.25, 0.3) is 0 Å². The number of ether oxygens (including phenoxy) is 1. The van der Waals surface area contributed by atoms with Gasteiger partial charge in [0.15, 0.2) is 0 Å². The number of halogens is 3. The molecule has 144 valence electrons. The Morgan fingerprint density at radius 3 is 2.31 bits per heavy atom. The molecule has 1 aromatic carbocycles. The summed E-state index contributed by atoms with van der Waals surface area (Å²) >= 11 is 0. The minimum atomic E-state index is -4.89. The average Bonchev–Trinajstić information content (AvgIpc) is 2.52. The fourth-order valence-electron chi connectivity index (χ4n) is 3.12. The number of piperidine rings is 1. The van der Waals surface area contributed by atoms with E-state index in [4.69, 9.17) is 0 Å². The summed E-state index contributed by atoms with van der Waals surface area (Å²) < 4.78 is 67.3. The average molecular weight is 392 g/mol. The molecule has 10 heteroatoms. The van der Waals surface area contributed by atoms with Gasteiger partial charge in [0.25, 0.3) is 0 Å². The second-order valence-corrected chi connectivity index (χ2v) is 8.32. The van der Waals surface area contributed by atoms with Crippen LogP contribution in [-0.4, -0.2) is 56.1 Å². The molecule has 2 fully saturated rings. The molecule has 0 radical (unpaired) electrons. The number of nitrogens with zero attached hydrogens (tertiary/aromatic N) is 2. The molecule has 0 unspecified atom stereocenters. The van der Waals surface area contributed by atoms with Gasteiger partial charge in [0.05, 0.1) is 4.90 Å². The van der Waals surface area contributed by atoms with Crippen LogP contribution in [0.1, 0.15) is 19.3 Å². The molecular formula is C16H19F3N2O4S. The summed E-state index contributed by atoms with van der Waals surface area (Å²) in [5.74, 6) is -0.711. The van der Waals surface area contributed by atoms with Gasteiger partial charge in [0, 0.05) is 38.2 Å². The van der Waals surface area contributed by atoms with Crippen LogP contribution in [0.4, 0.5) is 13.2 Å². The van der Waals surface area contributed by atoms with Crippen molar-refractivity contribution in [1.82, 2.24) is 9.21 Å². The zero-order valence-electron chi connectivity index (χ0n) is 13.9. The largest absolute Gasteiger partial charge is 0.573 e. The van der Waals surface area contributed by atoms with Crippen molar-refractivity contribution in [2.75, 3.05) is 26.2 Å². The van der Waals surface area contributed by atoms with Gasteiger partial charge in [-0.05, 0) is 31.4 Å². The van der Waals surface area contributed by atoms with Gasteiger partial charge >= 0.3 is 6.36 Å². The van der Waals surface area contributed by atoms with Crippen molar-refractivity contribution >= 4 is 15.9 Å². The van der Waals surface area contributed by atoms with Crippen LogP contribution < -0.4 is 4.74 Å². The topological polar surface area (TPSA) is 66.9 Å². The quantitative estimate of drug-likeness (QED) is 0.788. The molecule has 0 aromatic heterocycles. The molecule has 2 heterocycles. The Morgan fingerprint density at radius 1 is 1.12 bits per heavy atom. The minimum Gasteiger partial charge on any atom is -0.406 e. The predicted octanol–water partition coefficient (Wildman–Crippen LogP) is 2.22. The van der Waals surface area contributed by atoms with Gasteiger partial charge in [-0.3, -0.25) is 4.79 Å². The zero-order valence-corrected chi connectivity index (χ0v) is 14.7. The summed E-state index contributed by atoms with van der Waals surface area (Å²) in [4.78, 5) is 13.7. The fourth-order valence-corrected chi connectivity index (χ4v) is 4.62. The van der Waals surface area contributed by atoms with Gasteiger partial charge in [0.2, 0.25) is 15.9 Å². The SMILES string of the molecule is O=C(C1CCN(S(=O)(=O)c2cccc(OC(F)(F)F)c2)CC1)N1CCC1. The van der Waals surface area contributed by atoms with Crippen LogP contribution in [0.5, 0.6) is 5.75 Å².